The largest absolute Gasteiger partial charge is 0.367 e. The van der Waals surface area contributed by atoms with Crippen molar-refractivity contribution in [1.29, 1.82) is 0 Å². The van der Waals surface area contributed by atoms with E-state index in [2.05, 4.69) is 56.3 Å². The Morgan fingerprint density at radius 3 is 2.50 bits per heavy atom. The lowest BCUT2D eigenvalue weighted by atomic mass is 10.2. The number of anilines is 2. The first-order chi connectivity index (χ1) is 12.6. The highest BCUT2D eigenvalue weighted by atomic mass is 79.9. The summed E-state index contributed by atoms with van der Waals surface area (Å²) in [4.78, 5) is 18.2. The zero-order valence-corrected chi connectivity index (χ0v) is 17.4. The summed E-state index contributed by atoms with van der Waals surface area (Å²) in [5.41, 5.74) is 2.03. The Morgan fingerprint density at radius 2 is 1.77 bits per heavy atom. The van der Waals surface area contributed by atoms with E-state index in [9.17, 15) is 4.79 Å². The van der Waals surface area contributed by atoms with E-state index < -0.39 is 0 Å². The van der Waals surface area contributed by atoms with Gasteiger partial charge < -0.3 is 15.1 Å². The molecule has 2 aromatic carbocycles. The highest BCUT2D eigenvalue weighted by molar-refractivity contribution is 9.10. The summed E-state index contributed by atoms with van der Waals surface area (Å²) in [7, 11) is 2.15. The third-order valence-electron chi connectivity index (χ3n) is 4.43. The van der Waals surface area contributed by atoms with Crippen molar-refractivity contribution in [2.24, 2.45) is 0 Å². The van der Waals surface area contributed by atoms with Gasteiger partial charge in [0.1, 0.15) is 0 Å². The minimum atomic E-state index is 0.0659. The summed E-state index contributed by atoms with van der Waals surface area (Å²) in [5, 5.41) is 3.10. The maximum atomic E-state index is 12.4. The number of thioether (sulfide) groups is 1. The lowest BCUT2D eigenvalue weighted by Crippen LogP contribution is -2.44. The number of hydrogen-bond acceptors (Lipinski definition) is 4. The average molecular weight is 434 g/mol. The van der Waals surface area contributed by atoms with E-state index in [1.807, 2.05) is 30.3 Å². The van der Waals surface area contributed by atoms with Crippen molar-refractivity contribution in [1.82, 2.24) is 4.90 Å². The monoisotopic (exact) mass is 433 g/mol. The number of rotatable bonds is 6. The Kier molecular flexibility index (Phi) is 7.00. The molecule has 0 radical (unpaired) electrons. The summed E-state index contributed by atoms with van der Waals surface area (Å²) in [6.45, 7) is 4.07. The number of piperazine rings is 1. The van der Waals surface area contributed by atoms with Crippen molar-refractivity contribution in [2.75, 3.05) is 49.2 Å². The van der Waals surface area contributed by atoms with Crippen molar-refractivity contribution in [2.45, 2.75) is 11.3 Å². The summed E-state index contributed by atoms with van der Waals surface area (Å²) >= 11 is 5.14. The molecule has 1 heterocycles. The maximum absolute atomic E-state index is 12.4. The summed E-state index contributed by atoms with van der Waals surface area (Å²) < 4.78 is 1.07. The molecule has 0 bridgehead atoms. The third kappa shape index (κ3) is 5.50. The number of amides is 1. The van der Waals surface area contributed by atoms with Crippen LogP contribution in [0.5, 0.6) is 0 Å². The fourth-order valence-electron chi connectivity index (χ4n) is 2.91. The van der Waals surface area contributed by atoms with Gasteiger partial charge in [0, 0.05) is 47.7 Å². The van der Waals surface area contributed by atoms with Gasteiger partial charge in [-0.25, -0.2) is 0 Å². The van der Waals surface area contributed by atoms with Crippen LogP contribution >= 0.6 is 27.7 Å². The molecular weight excluding hydrogens is 410 g/mol. The van der Waals surface area contributed by atoms with E-state index in [0.717, 1.165) is 47.8 Å². The molecule has 1 aliphatic rings. The molecule has 0 atom stereocenters. The number of carbonyl (C=O) groups excluding carboxylic acids is 1. The molecule has 6 heteroatoms. The zero-order valence-electron chi connectivity index (χ0n) is 15.0. The van der Waals surface area contributed by atoms with E-state index in [1.165, 1.54) is 4.90 Å². The fourth-order valence-corrected chi connectivity index (χ4v) is 4.02. The van der Waals surface area contributed by atoms with Gasteiger partial charge in [0.2, 0.25) is 5.91 Å². The predicted molar refractivity (Wildman–Crippen MR) is 114 cm³/mol. The second-order valence-electron chi connectivity index (χ2n) is 6.41. The summed E-state index contributed by atoms with van der Waals surface area (Å²) in [6, 6.07) is 16.3. The molecule has 0 spiro atoms. The molecule has 1 N–H and O–H groups in total. The van der Waals surface area contributed by atoms with Crippen LogP contribution in [0.25, 0.3) is 0 Å². The smallest absolute Gasteiger partial charge is 0.225 e. The lowest BCUT2D eigenvalue weighted by molar-refractivity contribution is -0.115. The Hall–Kier alpha value is -1.50. The van der Waals surface area contributed by atoms with E-state index >= 15 is 0 Å². The van der Waals surface area contributed by atoms with Crippen LogP contribution in [-0.2, 0) is 4.79 Å². The number of carbonyl (C=O) groups is 1. The molecule has 1 fully saturated rings. The number of benzene rings is 2. The molecule has 0 saturated carbocycles. The van der Waals surface area contributed by atoms with Crippen LogP contribution < -0.4 is 10.2 Å². The maximum Gasteiger partial charge on any atom is 0.225 e. The standard InChI is InChI=1S/C20H24BrN3OS/c1-23-11-13-24(14-12-23)19-5-3-2-4-18(19)22-20(25)10-15-26-17-8-6-16(21)7-9-17/h2-9H,10-15H2,1H3,(H,22,25). The molecule has 0 aliphatic carbocycles. The SMILES string of the molecule is CN1CCN(c2ccccc2NC(=O)CCSc2ccc(Br)cc2)CC1. The number of likely N-dealkylation sites (N-methyl/N-ethyl adjacent to an activating group) is 1. The van der Waals surface area contributed by atoms with Gasteiger partial charge in [0.15, 0.2) is 0 Å². The quantitative estimate of drug-likeness (QED) is 0.687. The third-order valence-corrected chi connectivity index (χ3v) is 5.98. The van der Waals surface area contributed by atoms with Gasteiger partial charge in [-0.2, -0.15) is 0 Å². The van der Waals surface area contributed by atoms with Crippen molar-refractivity contribution < 1.29 is 4.79 Å². The minimum Gasteiger partial charge on any atom is -0.367 e. The first-order valence-electron chi connectivity index (χ1n) is 8.82. The van der Waals surface area contributed by atoms with Crippen molar-refractivity contribution >= 4 is 45.0 Å². The normalized spacial score (nSPS) is 15.1. The number of nitrogens with one attached hydrogen (secondary N) is 1. The Morgan fingerprint density at radius 1 is 1.08 bits per heavy atom. The molecule has 3 rings (SSSR count). The summed E-state index contributed by atoms with van der Waals surface area (Å²) in [5.74, 6) is 0.834. The Balaban J connectivity index is 1.53. The van der Waals surface area contributed by atoms with Crippen LogP contribution in [0.1, 0.15) is 6.42 Å². The number of para-hydroxylation sites is 2. The molecule has 1 saturated heterocycles. The van der Waals surface area contributed by atoms with Gasteiger partial charge in [-0.1, -0.05) is 28.1 Å². The molecule has 0 aromatic heterocycles. The Labute approximate surface area is 168 Å². The van der Waals surface area contributed by atoms with Crippen molar-refractivity contribution in [3.8, 4) is 0 Å². The first kappa shape index (κ1) is 19.3. The van der Waals surface area contributed by atoms with Crippen LogP contribution in [0.15, 0.2) is 57.9 Å². The zero-order chi connectivity index (χ0) is 18.4. The van der Waals surface area contributed by atoms with Gasteiger partial charge >= 0.3 is 0 Å². The van der Waals surface area contributed by atoms with Gasteiger partial charge in [-0.15, -0.1) is 11.8 Å². The summed E-state index contributed by atoms with van der Waals surface area (Å²) in [6.07, 6.45) is 0.498. The van der Waals surface area contributed by atoms with Crippen molar-refractivity contribution in [3.63, 3.8) is 0 Å². The number of nitrogens with zero attached hydrogens (tertiary/aromatic N) is 2. The van der Waals surface area contributed by atoms with Crippen LogP contribution in [0, 0.1) is 0 Å². The molecule has 138 valence electrons. The topological polar surface area (TPSA) is 35.6 Å². The number of halogens is 1. The first-order valence-corrected chi connectivity index (χ1v) is 10.6. The van der Waals surface area contributed by atoms with Gasteiger partial charge in [-0.05, 0) is 43.4 Å². The fraction of sp³-hybridized carbons (Fsp3) is 0.350. The van der Waals surface area contributed by atoms with E-state index in [1.54, 1.807) is 11.8 Å². The van der Waals surface area contributed by atoms with E-state index in [4.69, 9.17) is 0 Å². The molecular formula is C20H24BrN3OS. The Bertz CT molecular complexity index is 730. The second-order valence-corrected chi connectivity index (χ2v) is 8.49. The van der Waals surface area contributed by atoms with Gasteiger partial charge in [0.25, 0.3) is 0 Å². The minimum absolute atomic E-state index is 0.0659. The predicted octanol–water partition coefficient (Wildman–Crippen LogP) is 4.32. The lowest BCUT2D eigenvalue weighted by Gasteiger charge is -2.35. The molecule has 1 amide bonds. The highest BCUT2D eigenvalue weighted by Gasteiger charge is 2.17. The van der Waals surface area contributed by atoms with Crippen LogP contribution in [0.3, 0.4) is 0 Å². The number of hydrogen-bond donors (Lipinski definition) is 1. The van der Waals surface area contributed by atoms with Crippen LogP contribution in [-0.4, -0.2) is 49.8 Å². The molecule has 26 heavy (non-hydrogen) atoms. The van der Waals surface area contributed by atoms with Crippen molar-refractivity contribution in [3.05, 3.63) is 53.0 Å². The van der Waals surface area contributed by atoms with Crippen LogP contribution in [0.2, 0.25) is 0 Å². The average Bonchev–Trinajstić information content (AvgIpc) is 2.65. The van der Waals surface area contributed by atoms with Gasteiger partial charge in [-0.3, -0.25) is 4.79 Å². The highest BCUT2D eigenvalue weighted by Crippen LogP contribution is 2.27. The van der Waals surface area contributed by atoms with Gasteiger partial charge in [0.05, 0.1) is 11.4 Å². The molecule has 2 aromatic rings. The molecule has 1 aliphatic heterocycles. The molecule has 0 unspecified atom stereocenters. The molecule has 4 nitrogen and oxygen atoms in total. The van der Waals surface area contributed by atoms with E-state index in [-0.39, 0.29) is 5.91 Å². The van der Waals surface area contributed by atoms with E-state index in [0.29, 0.717) is 6.42 Å². The van der Waals surface area contributed by atoms with Crippen LogP contribution in [0.4, 0.5) is 11.4 Å². The second kappa shape index (κ2) is 9.44.